The van der Waals surface area contributed by atoms with E-state index >= 15 is 0 Å². The summed E-state index contributed by atoms with van der Waals surface area (Å²) in [6, 6.07) is 12.1. The molecule has 0 N–H and O–H groups in total. The molecule has 0 heterocycles. The van der Waals surface area contributed by atoms with Crippen molar-refractivity contribution in [2.75, 3.05) is 13.7 Å². The van der Waals surface area contributed by atoms with E-state index in [0.29, 0.717) is 13.2 Å². The minimum atomic E-state index is -0.539. The summed E-state index contributed by atoms with van der Waals surface area (Å²) in [4.78, 5) is 24.7. The van der Waals surface area contributed by atoms with Crippen molar-refractivity contribution in [3.05, 3.63) is 69.3 Å². The maximum Gasteiger partial charge on any atom is 0.311 e. The van der Waals surface area contributed by atoms with E-state index in [4.69, 9.17) is 4.74 Å². The van der Waals surface area contributed by atoms with Crippen molar-refractivity contribution in [1.82, 2.24) is 4.90 Å². The largest absolute Gasteiger partial charge is 0.487 e. The molecule has 0 fully saturated rings. The van der Waals surface area contributed by atoms with Gasteiger partial charge in [-0.2, -0.15) is 0 Å². The van der Waals surface area contributed by atoms with Crippen LogP contribution in [0.5, 0.6) is 5.75 Å². The number of hydrogen-bond donors (Lipinski definition) is 0. The number of carbonyl (C=O) groups excluding carboxylic acids is 1. The Labute approximate surface area is 140 Å². The van der Waals surface area contributed by atoms with Crippen LogP contribution in [0, 0.1) is 17.0 Å². The number of benzene rings is 2. The Morgan fingerprint density at radius 1 is 1.25 bits per heavy atom. The summed E-state index contributed by atoms with van der Waals surface area (Å²) < 4.78 is 5.24. The summed E-state index contributed by atoms with van der Waals surface area (Å²) in [7, 11) is 1.68. The number of carbonyl (C=O) groups is 1. The first-order chi connectivity index (χ1) is 11.4. The van der Waals surface area contributed by atoms with Crippen molar-refractivity contribution in [3.63, 3.8) is 0 Å². The van der Waals surface area contributed by atoms with Gasteiger partial charge in [-0.15, -0.1) is 0 Å². The van der Waals surface area contributed by atoms with Gasteiger partial charge in [0.05, 0.1) is 11.5 Å². The molecular formula is C18H20N2O4. The second-order valence-corrected chi connectivity index (χ2v) is 5.46. The van der Waals surface area contributed by atoms with E-state index in [0.717, 1.165) is 11.1 Å². The van der Waals surface area contributed by atoms with Gasteiger partial charge in [0.1, 0.15) is 0 Å². The standard InChI is InChI=1S/C18H20N2O4/c1-4-24-17-10-9-14(11-16(17)20(22)23)18(21)19(3)12-15-8-6-5-7-13(15)2/h5-11H,4,12H2,1-3H3. The first-order valence-corrected chi connectivity index (χ1v) is 7.65. The van der Waals surface area contributed by atoms with Crippen LogP contribution in [0.25, 0.3) is 0 Å². The molecule has 6 nitrogen and oxygen atoms in total. The fraction of sp³-hybridized carbons (Fsp3) is 0.278. The Hall–Kier alpha value is -2.89. The molecule has 1 amide bonds. The number of nitro groups is 1. The number of nitrogens with zero attached hydrogens (tertiary/aromatic N) is 2. The molecule has 2 aromatic rings. The Morgan fingerprint density at radius 2 is 1.96 bits per heavy atom. The fourth-order valence-electron chi connectivity index (χ4n) is 2.41. The van der Waals surface area contributed by atoms with Gasteiger partial charge in [-0.05, 0) is 37.1 Å². The summed E-state index contributed by atoms with van der Waals surface area (Å²) in [5.41, 5.74) is 2.19. The molecule has 0 bridgehead atoms. The first kappa shape index (κ1) is 17.5. The van der Waals surface area contributed by atoms with Crippen LogP contribution in [0.3, 0.4) is 0 Å². The van der Waals surface area contributed by atoms with E-state index in [1.165, 1.54) is 12.1 Å². The van der Waals surface area contributed by atoms with E-state index in [2.05, 4.69) is 0 Å². The minimum absolute atomic E-state index is 0.167. The first-order valence-electron chi connectivity index (χ1n) is 7.65. The number of ether oxygens (including phenoxy) is 1. The lowest BCUT2D eigenvalue weighted by Gasteiger charge is -2.18. The van der Waals surface area contributed by atoms with Crippen LogP contribution in [0.15, 0.2) is 42.5 Å². The van der Waals surface area contributed by atoms with Gasteiger partial charge in [-0.1, -0.05) is 24.3 Å². The zero-order valence-electron chi connectivity index (χ0n) is 14.0. The Bertz CT molecular complexity index is 758. The van der Waals surface area contributed by atoms with Crippen molar-refractivity contribution < 1.29 is 14.5 Å². The average Bonchev–Trinajstić information content (AvgIpc) is 2.56. The lowest BCUT2D eigenvalue weighted by molar-refractivity contribution is -0.385. The lowest BCUT2D eigenvalue weighted by Crippen LogP contribution is -2.26. The normalized spacial score (nSPS) is 10.3. The summed E-state index contributed by atoms with van der Waals surface area (Å²) in [6.45, 7) is 4.49. The van der Waals surface area contributed by atoms with Crippen LogP contribution in [0.4, 0.5) is 5.69 Å². The van der Waals surface area contributed by atoms with E-state index in [1.807, 2.05) is 31.2 Å². The number of amides is 1. The molecule has 0 saturated carbocycles. The summed E-state index contributed by atoms with van der Waals surface area (Å²) in [5.74, 6) is -0.106. The zero-order valence-corrected chi connectivity index (χ0v) is 14.0. The highest BCUT2D eigenvalue weighted by molar-refractivity contribution is 5.95. The molecule has 0 aliphatic heterocycles. The molecule has 2 rings (SSSR count). The van der Waals surface area contributed by atoms with Crippen molar-refractivity contribution in [2.24, 2.45) is 0 Å². The van der Waals surface area contributed by atoms with Gasteiger partial charge in [-0.25, -0.2) is 0 Å². The SMILES string of the molecule is CCOc1ccc(C(=O)N(C)Cc2ccccc2C)cc1[N+](=O)[O-]. The Balaban J connectivity index is 2.24. The molecular weight excluding hydrogens is 308 g/mol. The van der Waals surface area contributed by atoms with Gasteiger partial charge in [0.25, 0.3) is 5.91 Å². The molecule has 0 radical (unpaired) electrons. The lowest BCUT2D eigenvalue weighted by atomic mass is 10.1. The molecule has 24 heavy (non-hydrogen) atoms. The third-order valence-corrected chi connectivity index (χ3v) is 3.72. The average molecular weight is 328 g/mol. The van der Waals surface area contributed by atoms with Crippen LogP contribution >= 0.6 is 0 Å². The summed E-state index contributed by atoms with van der Waals surface area (Å²) >= 11 is 0. The summed E-state index contributed by atoms with van der Waals surface area (Å²) in [6.07, 6.45) is 0. The molecule has 0 aliphatic rings. The predicted octanol–water partition coefficient (Wildman–Crippen LogP) is 3.57. The molecule has 0 unspecified atom stereocenters. The maximum atomic E-state index is 12.6. The monoisotopic (exact) mass is 328 g/mol. The molecule has 0 spiro atoms. The maximum absolute atomic E-state index is 12.6. The molecule has 0 saturated heterocycles. The third kappa shape index (κ3) is 3.90. The zero-order chi connectivity index (χ0) is 17.7. The van der Waals surface area contributed by atoms with Gasteiger partial charge in [0.15, 0.2) is 5.75 Å². The van der Waals surface area contributed by atoms with Crippen LogP contribution in [-0.2, 0) is 6.54 Å². The smallest absolute Gasteiger partial charge is 0.311 e. The van der Waals surface area contributed by atoms with Gasteiger partial charge in [0, 0.05) is 25.2 Å². The number of aryl methyl sites for hydroxylation is 1. The molecule has 2 aromatic carbocycles. The van der Waals surface area contributed by atoms with Crippen LogP contribution in [-0.4, -0.2) is 29.4 Å². The van der Waals surface area contributed by atoms with E-state index in [-0.39, 0.29) is 22.9 Å². The molecule has 0 atom stereocenters. The molecule has 6 heteroatoms. The molecule has 0 aliphatic carbocycles. The van der Waals surface area contributed by atoms with E-state index in [9.17, 15) is 14.9 Å². The quantitative estimate of drug-likeness (QED) is 0.600. The second-order valence-electron chi connectivity index (χ2n) is 5.46. The van der Waals surface area contributed by atoms with Crippen LogP contribution in [0.2, 0.25) is 0 Å². The number of rotatable bonds is 6. The fourth-order valence-corrected chi connectivity index (χ4v) is 2.41. The van der Waals surface area contributed by atoms with Crippen molar-refractivity contribution in [1.29, 1.82) is 0 Å². The van der Waals surface area contributed by atoms with Crippen molar-refractivity contribution in [3.8, 4) is 5.75 Å². The topological polar surface area (TPSA) is 72.7 Å². The van der Waals surface area contributed by atoms with Crippen molar-refractivity contribution >= 4 is 11.6 Å². The highest BCUT2D eigenvalue weighted by Gasteiger charge is 2.20. The predicted molar refractivity (Wildman–Crippen MR) is 91.2 cm³/mol. The minimum Gasteiger partial charge on any atom is -0.487 e. The Morgan fingerprint density at radius 3 is 2.58 bits per heavy atom. The molecule has 126 valence electrons. The summed E-state index contributed by atoms with van der Waals surface area (Å²) in [5, 5.41) is 11.2. The van der Waals surface area contributed by atoms with Gasteiger partial charge < -0.3 is 9.64 Å². The highest BCUT2D eigenvalue weighted by atomic mass is 16.6. The highest BCUT2D eigenvalue weighted by Crippen LogP contribution is 2.28. The second kappa shape index (κ2) is 7.59. The molecule has 0 aromatic heterocycles. The van der Waals surface area contributed by atoms with E-state index < -0.39 is 4.92 Å². The number of hydrogen-bond acceptors (Lipinski definition) is 4. The van der Waals surface area contributed by atoms with Crippen LogP contribution < -0.4 is 4.74 Å². The third-order valence-electron chi connectivity index (χ3n) is 3.72. The van der Waals surface area contributed by atoms with Gasteiger partial charge in [-0.3, -0.25) is 14.9 Å². The van der Waals surface area contributed by atoms with E-state index in [1.54, 1.807) is 24.9 Å². The van der Waals surface area contributed by atoms with Gasteiger partial charge in [0.2, 0.25) is 0 Å². The van der Waals surface area contributed by atoms with Crippen molar-refractivity contribution in [2.45, 2.75) is 20.4 Å². The Kier molecular flexibility index (Phi) is 5.52. The van der Waals surface area contributed by atoms with Crippen LogP contribution in [0.1, 0.15) is 28.4 Å². The van der Waals surface area contributed by atoms with Gasteiger partial charge >= 0.3 is 5.69 Å². The number of nitro benzene ring substituents is 1.